The van der Waals surface area contributed by atoms with Crippen molar-refractivity contribution in [2.24, 2.45) is 5.41 Å². The number of hydrogen-bond donors (Lipinski definition) is 0. The molecule has 1 aliphatic heterocycles. The van der Waals surface area contributed by atoms with E-state index in [0.717, 1.165) is 9.87 Å². The number of anilines is 1. The van der Waals surface area contributed by atoms with Crippen LogP contribution in [0.2, 0.25) is 0 Å². The molecule has 1 heterocycles. The van der Waals surface area contributed by atoms with E-state index in [1.165, 1.54) is 29.6 Å². The van der Waals surface area contributed by atoms with E-state index in [2.05, 4.69) is 0 Å². The third kappa shape index (κ3) is 3.94. The van der Waals surface area contributed by atoms with Crippen LogP contribution in [0.5, 0.6) is 0 Å². The summed E-state index contributed by atoms with van der Waals surface area (Å²) < 4.78 is 53.0. The molecular formula is C20H24N2O5S2. The van der Waals surface area contributed by atoms with Gasteiger partial charge in [-0.15, -0.1) is 0 Å². The lowest BCUT2D eigenvalue weighted by atomic mass is 9.95. The van der Waals surface area contributed by atoms with Crippen LogP contribution in [0, 0.1) is 12.3 Å². The van der Waals surface area contributed by atoms with E-state index in [-0.39, 0.29) is 22.9 Å². The van der Waals surface area contributed by atoms with E-state index >= 15 is 0 Å². The first-order chi connectivity index (χ1) is 13.4. The minimum absolute atomic E-state index is 0.0722. The SMILES string of the molecule is Cc1cc(N2C(=O)C(C)(C)CS2(=O)=O)ccc1S(=O)(=O)N(C)Cc1ccccc1. The van der Waals surface area contributed by atoms with Crippen molar-refractivity contribution in [1.82, 2.24) is 4.31 Å². The summed E-state index contributed by atoms with van der Waals surface area (Å²) in [6.45, 7) is 4.96. The van der Waals surface area contributed by atoms with Crippen molar-refractivity contribution in [3.63, 3.8) is 0 Å². The second kappa shape index (κ2) is 7.23. The van der Waals surface area contributed by atoms with Crippen LogP contribution < -0.4 is 4.31 Å². The van der Waals surface area contributed by atoms with Crippen LogP contribution in [0.1, 0.15) is 25.0 Å². The molecule has 1 aliphatic rings. The zero-order valence-corrected chi connectivity index (χ0v) is 18.4. The van der Waals surface area contributed by atoms with Crippen LogP contribution in [-0.4, -0.2) is 39.8 Å². The Balaban J connectivity index is 1.94. The van der Waals surface area contributed by atoms with Crippen molar-refractivity contribution in [2.75, 3.05) is 17.1 Å². The molecule has 0 bridgehead atoms. The number of sulfonamides is 2. The molecule has 7 nitrogen and oxygen atoms in total. The lowest BCUT2D eigenvalue weighted by Gasteiger charge is -2.21. The first-order valence-corrected chi connectivity index (χ1v) is 12.1. The van der Waals surface area contributed by atoms with Gasteiger partial charge in [-0.05, 0) is 50.1 Å². The lowest BCUT2D eigenvalue weighted by Crippen LogP contribution is -2.33. The summed E-state index contributed by atoms with van der Waals surface area (Å²) in [5.74, 6) is -0.800. The molecule has 1 fully saturated rings. The van der Waals surface area contributed by atoms with Crippen LogP contribution in [0.4, 0.5) is 5.69 Å². The quantitative estimate of drug-likeness (QED) is 0.718. The monoisotopic (exact) mass is 436 g/mol. The van der Waals surface area contributed by atoms with Crippen molar-refractivity contribution in [2.45, 2.75) is 32.2 Å². The van der Waals surface area contributed by atoms with E-state index in [1.807, 2.05) is 30.3 Å². The molecule has 2 aromatic carbocycles. The van der Waals surface area contributed by atoms with E-state index < -0.39 is 31.4 Å². The molecular weight excluding hydrogens is 412 g/mol. The van der Waals surface area contributed by atoms with Gasteiger partial charge in [0.15, 0.2) is 0 Å². The molecule has 3 rings (SSSR count). The van der Waals surface area contributed by atoms with Gasteiger partial charge in [0.05, 0.1) is 21.8 Å². The Bertz CT molecular complexity index is 1160. The van der Waals surface area contributed by atoms with E-state index in [4.69, 9.17) is 0 Å². The number of carbonyl (C=O) groups excluding carboxylic acids is 1. The Morgan fingerprint density at radius 2 is 1.72 bits per heavy atom. The van der Waals surface area contributed by atoms with E-state index in [9.17, 15) is 21.6 Å². The highest BCUT2D eigenvalue weighted by atomic mass is 32.2. The van der Waals surface area contributed by atoms with Gasteiger partial charge >= 0.3 is 0 Å². The molecule has 156 valence electrons. The van der Waals surface area contributed by atoms with Gasteiger partial charge in [0, 0.05) is 13.6 Å². The lowest BCUT2D eigenvalue weighted by molar-refractivity contribution is -0.123. The molecule has 1 saturated heterocycles. The first kappa shape index (κ1) is 21.5. The number of benzene rings is 2. The Kier molecular flexibility index (Phi) is 5.35. The molecule has 0 N–H and O–H groups in total. The largest absolute Gasteiger partial charge is 0.273 e. The molecule has 29 heavy (non-hydrogen) atoms. The second-order valence-corrected chi connectivity index (χ2v) is 11.7. The zero-order valence-electron chi connectivity index (χ0n) is 16.8. The summed E-state index contributed by atoms with van der Waals surface area (Å²) in [7, 11) is -6.10. The number of carbonyl (C=O) groups is 1. The average molecular weight is 437 g/mol. The minimum atomic E-state index is -3.80. The Morgan fingerprint density at radius 3 is 2.24 bits per heavy atom. The fraction of sp³-hybridized carbons (Fsp3) is 0.350. The fourth-order valence-corrected chi connectivity index (χ4v) is 6.86. The van der Waals surface area contributed by atoms with Crippen molar-refractivity contribution < 1.29 is 21.6 Å². The van der Waals surface area contributed by atoms with Crippen LogP contribution >= 0.6 is 0 Å². The highest BCUT2D eigenvalue weighted by Crippen LogP contribution is 2.37. The fourth-order valence-electron chi connectivity index (χ4n) is 3.40. The molecule has 0 aliphatic carbocycles. The highest BCUT2D eigenvalue weighted by molar-refractivity contribution is 7.94. The van der Waals surface area contributed by atoms with Crippen molar-refractivity contribution >= 4 is 31.6 Å². The Morgan fingerprint density at radius 1 is 1.10 bits per heavy atom. The second-order valence-electron chi connectivity index (χ2n) is 7.91. The van der Waals surface area contributed by atoms with Gasteiger partial charge in [-0.1, -0.05) is 30.3 Å². The number of amides is 1. The van der Waals surface area contributed by atoms with Gasteiger partial charge in [-0.2, -0.15) is 4.31 Å². The minimum Gasteiger partial charge on any atom is -0.273 e. The summed E-state index contributed by atoms with van der Waals surface area (Å²) in [4.78, 5) is 12.6. The van der Waals surface area contributed by atoms with Gasteiger partial charge in [0.1, 0.15) is 0 Å². The van der Waals surface area contributed by atoms with Crippen LogP contribution in [0.25, 0.3) is 0 Å². The molecule has 0 aromatic heterocycles. The molecule has 1 amide bonds. The number of rotatable bonds is 5. The third-order valence-corrected chi connectivity index (χ3v) is 8.90. The topological polar surface area (TPSA) is 91.8 Å². The Hall–Kier alpha value is -2.23. The highest BCUT2D eigenvalue weighted by Gasteiger charge is 2.50. The summed E-state index contributed by atoms with van der Waals surface area (Å²) in [6.07, 6.45) is 0. The number of aryl methyl sites for hydroxylation is 1. The zero-order chi connectivity index (χ0) is 21.6. The van der Waals surface area contributed by atoms with Crippen molar-refractivity contribution in [3.8, 4) is 0 Å². The van der Waals surface area contributed by atoms with Crippen LogP contribution in [0.3, 0.4) is 0 Å². The van der Waals surface area contributed by atoms with Crippen molar-refractivity contribution in [3.05, 3.63) is 59.7 Å². The van der Waals surface area contributed by atoms with Gasteiger partial charge in [0.2, 0.25) is 26.0 Å². The summed E-state index contributed by atoms with van der Waals surface area (Å²) >= 11 is 0. The predicted molar refractivity (Wildman–Crippen MR) is 111 cm³/mol. The predicted octanol–water partition coefficient (Wildman–Crippen LogP) is 2.52. The van der Waals surface area contributed by atoms with Gasteiger partial charge < -0.3 is 0 Å². The number of nitrogens with zero attached hydrogens (tertiary/aromatic N) is 2. The maximum atomic E-state index is 13.0. The maximum Gasteiger partial charge on any atom is 0.247 e. The van der Waals surface area contributed by atoms with Gasteiger partial charge in [-0.3, -0.25) is 4.79 Å². The smallest absolute Gasteiger partial charge is 0.247 e. The van der Waals surface area contributed by atoms with E-state index in [0.29, 0.717) is 5.56 Å². The molecule has 0 saturated carbocycles. The summed E-state index contributed by atoms with van der Waals surface area (Å²) in [5, 5.41) is 0. The third-order valence-electron chi connectivity index (χ3n) is 4.91. The molecule has 0 radical (unpaired) electrons. The van der Waals surface area contributed by atoms with Crippen LogP contribution in [-0.2, 0) is 31.4 Å². The van der Waals surface area contributed by atoms with Gasteiger partial charge in [-0.25, -0.2) is 21.1 Å². The van der Waals surface area contributed by atoms with Gasteiger partial charge in [0.25, 0.3) is 0 Å². The summed E-state index contributed by atoms with van der Waals surface area (Å²) in [5.41, 5.74) is 0.356. The van der Waals surface area contributed by atoms with Crippen molar-refractivity contribution in [1.29, 1.82) is 0 Å². The van der Waals surface area contributed by atoms with E-state index in [1.54, 1.807) is 20.8 Å². The first-order valence-electron chi connectivity index (χ1n) is 9.05. The maximum absolute atomic E-state index is 13.0. The average Bonchev–Trinajstić information content (AvgIpc) is 2.78. The molecule has 0 unspecified atom stereocenters. The number of hydrogen-bond acceptors (Lipinski definition) is 5. The molecule has 0 atom stereocenters. The molecule has 0 spiro atoms. The Labute approximate surface area is 172 Å². The standard InChI is InChI=1S/C20H24N2O5S2/c1-15-12-17(22-19(23)20(2,3)14-28(22,24)25)10-11-18(15)29(26,27)21(4)13-16-8-6-5-7-9-16/h5-12H,13-14H2,1-4H3. The summed E-state index contributed by atoms with van der Waals surface area (Å²) in [6, 6.07) is 13.4. The molecule has 2 aromatic rings. The normalized spacial score (nSPS) is 18.4. The van der Waals surface area contributed by atoms with Crippen LogP contribution in [0.15, 0.2) is 53.4 Å². The molecule has 9 heteroatoms.